The molecule has 0 nitrogen and oxygen atoms in total. The molecule has 0 aliphatic carbocycles. The summed E-state index contributed by atoms with van der Waals surface area (Å²) < 4.78 is 3.33. The first kappa shape index (κ1) is 20.9. The summed E-state index contributed by atoms with van der Waals surface area (Å²) in [6.07, 6.45) is 20.4. The summed E-state index contributed by atoms with van der Waals surface area (Å²) in [7, 11) is 0. The Hall–Kier alpha value is 1.95. The number of unbranched alkanes of at least 4 members (excludes halogenated alkanes) is 10. The summed E-state index contributed by atoms with van der Waals surface area (Å²) in [5, 5.41) is 0. The van der Waals surface area contributed by atoms with E-state index in [1.54, 1.807) is 21.7 Å². The van der Waals surface area contributed by atoms with Gasteiger partial charge in [0.05, 0.1) is 0 Å². The van der Waals surface area contributed by atoms with Gasteiger partial charge in [0.1, 0.15) is 0 Å². The van der Waals surface area contributed by atoms with E-state index in [9.17, 15) is 0 Å². The fourth-order valence-corrected chi connectivity index (χ4v) is 26.8. The van der Waals surface area contributed by atoms with Crippen LogP contribution in [0.2, 0.25) is 8.87 Å². The second kappa shape index (κ2) is 19.9. The van der Waals surface area contributed by atoms with Crippen LogP contribution in [0.1, 0.15) is 90.9 Å². The number of hydrogen-bond acceptors (Lipinski definition) is 1. The Labute approximate surface area is 144 Å². The third-order valence-corrected chi connectivity index (χ3v) is 28.7. The van der Waals surface area contributed by atoms with Crippen LogP contribution < -0.4 is 0 Å². The summed E-state index contributed by atoms with van der Waals surface area (Å²) in [5.41, 5.74) is 0. The van der Waals surface area contributed by atoms with Gasteiger partial charge in [-0.3, -0.25) is 0 Å². The molecule has 0 aromatic carbocycles. The molecule has 0 rings (SSSR count). The Morgan fingerprint density at radius 2 is 0.895 bits per heavy atom. The van der Waals surface area contributed by atoms with Crippen LogP contribution in [0.4, 0.5) is 0 Å². The second-order valence-corrected chi connectivity index (χ2v) is 27.5. The minimum absolute atomic E-state index is 0.0554. The van der Waals surface area contributed by atoms with Crippen LogP contribution in [-0.2, 0) is 0 Å². The van der Waals surface area contributed by atoms with E-state index >= 15 is 0 Å². The maximum absolute atomic E-state index is 2.53. The zero-order valence-corrected chi connectivity index (χ0v) is 19.8. The van der Waals surface area contributed by atoms with Crippen molar-refractivity contribution in [2.45, 2.75) is 99.8 Å². The molecule has 0 saturated carbocycles. The van der Waals surface area contributed by atoms with Crippen molar-refractivity contribution in [1.82, 2.24) is 0 Å². The molecule has 19 heavy (non-hydrogen) atoms. The van der Waals surface area contributed by atoms with Gasteiger partial charge in [0.25, 0.3) is 0 Å². The summed E-state index contributed by atoms with van der Waals surface area (Å²) >= 11 is 0.111. The zero-order chi connectivity index (χ0) is 14.0. The number of rotatable bonds is 16. The first-order valence-electron chi connectivity index (χ1n) is 8.53. The predicted octanol–water partition coefficient (Wildman–Crippen LogP) is 6.52. The Morgan fingerprint density at radius 3 is 1.32 bits per heavy atom. The van der Waals surface area contributed by atoms with Gasteiger partial charge < -0.3 is 0 Å². The molecule has 0 atom stereocenters. The van der Waals surface area contributed by atoms with Gasteiger partial charge in [0.2, 0.25) is 0 Å². The molecule has 0 fully saturated rings. The Morgan fingerprint density at radius 1 is 0.526 bits per heavy atom. The molecule has 112 valence electrons. The van der Waals surface area contributed by atoms with Gasteiger partial charge in [-0.05, 0) is 0 Å². The van der Waals surface area contributed by atoms with Crippen LogP contribution in [-0.4, -0.2) is 39.5 Å². The average Bonchev–Trinajstić information content (AvgIpc) is 2.43. The van der Waals surface area contributed by atoms with Crippen LogP contribution in [0.15, 0.2) is 0 Å². The van der Waals surface area contributed by atoms with Gasteiger partial charge in [-0.2, -0.15) is 0 Å². The molecule has 4 radical (unpaired) electrons. The molecule has 0 aliphatic rings. The molecule has 0 heterocycles. The van der Waals surface area contributed by atoms with E-state index in [4.69, 9.17) is 0 Å². The van der Waals surface area contributed by atoms with Crippen molar-refractivity contribution >= 4 is 45.6 Å². The first-order valence-corrected chi connectivity index (χ1v) is 20.4. The van der Waals surface area contributed by atoms with Crippen molar-refractivity contribution in [3.63, 3.8) is 0 Å². The SMILES string of the molecule is CCCCCCC[CH2][Sn][S][Sn][CH2]CCCCCCC. The quantitative estimate of drug-likeness (QED) is 0.174. The van der Waals surface area contributed by atoms with Crippen molar-refractivity contribution in [3.8, 4) is 0 Å². The molecule has 0 spiro atoms. The van der Waals surface area contributed by atoms with E-state index in [1.807, 2.05) is 0 Å². The third-order valence-electron chi connectivity index (χ3n) is 3.41. The standard InChI is InChI=1S/2C8H17.S.2Sn/c2*1-3-5-7-8-6-4-2;;;/h2*1,3-8H2,2H3;;;. The number of hydrogen-bond donors (Lipinski definition) is 0. The van der Waals surface area contributed by atoms with Crippen molar-refractivity contribution in [2.75, 3.05) is 0 Å². The first-order chi connectivity index (χ1) is 9.41. The molecule has 0 bridgehead atoms. The molecule has 3 heteroatoms. The van der Waals surface area contributed by atoms with Gasteiger partial charge >= 0.3 is 145 Å². The molecule has 0 amide bonds. The molecule has 0 aromatic heterocycles. The van der Waals surface area contributed by atoms with Crippen LogP contribution in [0.5, 0.6) is 0 Å². The van der Waals surface area contributed by atoms with E-state index in [0.29, 0.717) is 0 Å². The molecular formula is C16H34SSn2. The summed E-state index contributed by atoms with van der Waals surface area (Å²) in [5.74, 6) is 0. The predicted molar refractivity (Wildman–Crippen MR) is 95.5 cm³/mol. The summed E-state index contributed by atoms with van der Waals surface area (Å²) in [4.78, 5) is 0. The Bertz CT molecular complexity index is 138. The Balaban J connectivity index is 2.88. The molecule has 0 unspecified atom stereocenters. The minimum atomic E-state index is 0.0554. The van der Waals surface area contributed by atoms with E-state index in [-0.39, 0.29) is 39.5 Å². The zero-order valence-electron chi connectivity index (χ0n) is 13.3. The molecule has 0 N–H and O–H groups in total. The maximum atomic E-state index is 2.53. The second-order valence-electron chi connectivity index (χ2n) is 5.43. The summed E-state index contributed by atoms with van der Waals surface area (Å²) in [6.45, 7) is 4.61. The topological polar surface area (TPSA) is 0 Å². The van der Waals surface area contributed by atoms with E-state index in [0.717, 1.165) is 0 Å². The monoisotopic (exact) mass is 498 g/mol. The van der Waals surface area contributed by atoms with Crippen LogP contribution in [0, 0.1) is 0 Å². The van der Waals surface area contributed by atoms with Crippen molar-refractivity contribution < 1.29 is 0 Å². The molecular weight excluding hydrogens is 462 g/mol. The van der Waals surface area contributed by atoms with E-state index in [1.165, 1.54) is 64.2 Å². The van der Waals surface area contributed by atoms with Gasteiger partial charge in [0.15, 0.2) is 0 Å². The van der Waals surface area contributed by atoms with Gasteiger partial charge in [0, 0.05) is 0 Å². The fourth-order valence-electron chi connectivity index (χ4n) is 2.11. The van der Waals surface area contributed by atoms with Crippen LogP contribution in [0.25, 0.3) is 0 Å². The normalized spacial score (nSPS) is 11.1. The molecule has 0 saturated heterocycles. The van der Waals surface area contributed by atoms with Crippen LogP contribution >= 0.6 is 6.13 Å². The van der Waals surface area contributed by atoms with Crippen LogP contribution in [0.3, 0.4) is 0 Å². The summed E-state index contributed by atoms with van der Waals surface area (Å²) in [6, 6.07) is 0. The Kier molecular flexibility index (Phi) is 22.0. The van der Waals surface area contributed by atoms with Crippen molar-refractivity contribution in [3.05, 3.63) is 0 Å². The van der Waals surface area contributed by atoms with Gasteiger partial charge in [-0.1, -0.05) is 0 Å². The van der Waals surface area contributed by atoms with E-state index in [2.05, 4.69) is 20.0 Å². The van der Waals surface area contributed by atoms with Crippen molar-refractivity contribution in [2.24, 2.45) is 0 Å². The average molecular weight is 496 g/mol. The van der Waals surface area contributed by atoms with Gasteiger partial charge in [-0.15, -0.1) is 0 Å². The van der Waals surface area contributed by atoms with Crippen molar-refractivity contribution in [1.29, 1.82) is 0 Å². The molecule has 0 aromatic rings. The van der Waals surface area contributed by atoms with E-state index < -0.39 is 0 Å². The fraction of sp³-hybridized carbons (Fsp3) is 1.00. The van der Waals surface area contributed by atoms with Gasteiger partial charge in [-0.25, -0.2) is 0 Å². The molecule has 0 aliphatic heterocycles. The third kappa shape index (κ3) is 19.9.